The molecule has 5 heteroatoms. The number of aromatic carboxylic acids is 1. The summed E-state index contributed by atoms with van der Waals surface area (Å²) in [6.45, 7) is 2.94. The van der Waals surface area contributed by atoms with Gasteiger partial charge in [-0.2, -0.15) is 0 Å². The first-order valence-corrected chi connectivity index (χ1v) is 6.32. The summed E-state index contributed by atoms with van der Waals surface area (Å²) in [5.41, 5.74) is 2.77. The van der Waals surface area contributed by atoms with E-state index < -0.39 is 5.97 Å². The van der Waals surface area contributed by atoms with E-state index in [-0.39, 0.29) is 12.4 Å². The molecule has 2 aromatic rings. The van der Waals surface area contributed by atoms with Crippen molar-refractivity contribution in [2.24, 2.45) is 0 Å². The van der Waals surface area contributed by atoms with Crippen molar-refractivity contribution in [2.45, 2.75) is 26.6 Å². The van der Waals surface area contributed by atoms with E-state index in [0.717, 1.165) is 16.7 Å². The van der Waals surface area contributed by atoms with Crippen LogP contribution in [0.5, 0.6) is 0 Å². The third-order valence-corrected chi connectivity index (χ3v) is 3.05. The van der Waals surface area contributed by atoms with Crippen molar-refractivity contribution in [3.05, 3.63) is 58.5 Å². The van der Waals surface area contributed by atoms with Gasteiger partial charge in [0.2, 0.25) is 5.76 Å². The number of furan rings is 1. The summed E-state index contributed by atoms with van der Waals surface area (Å²) in [4.78, 5) is 10.8. The highest BCUT2D eigenvalue weighted by molar-refractivity contribution is 5.84. The number of aryl methyl sites for hydroxylation is 1. The lowest BCUT2D eigenvalue weighted by Crippen LogP contribution is -2.13. The maximum Gasteiger partial charge on any atom is 0.371 e. The molecular weight excluding hydrogens is 258 g/mol. The summed E-state index contributed by atoms with van der Waals surface area (Å²) >= 11 is 0. The van der Waals surface area contributed by atoms with E-state index in [4.69, 9.17) is 14.6 Å². The summed E-state index contributed by atoms with van der Waals surface area (Å²) < 4.78 is 5.14. The summed E-state index contributed by atoms with van der Waals surface area (Å²) in [5.74, 6) is -0.490. The number of carboxylic acids is 1. The molecule has 0 fully saturated rings. The second-order valence-corrected chi connectivity index (χ2v) is 4.58. The highest BCUT2D eigenvalue weighted by Crippen LogP contribution is 2.14. The van der Waals surface area contributed by atoms with Gasteiger partial charge in [-0.1, -0.05) is 24.3 Å². The van der Waals surface area contributed by atoms with Crippen LogP contribution in [0, 0.1) is 6.92 Å². The largest absolute Gasteiger partial charge is 0.475 e. The molecule has 1 aromatic carbocycles. The molecular formula is C15H17NO4. The number of aliphatic hydroxyl groups excluding tert-OH is 1. The Morgan fingerprint density at radius 1 is 1.25 bits per heavy atom. The summed E-state index contributed by atoms with van der Waals surface area (Å²) in [6.07, 6.45) is 0. The van der Waals surface area contributed by atoms with E-state index in [1.807, 2.05) is 24.3 Å². The molecule has 0 spiro atoms. The van der Waals surface area contributed by atoms with Gasteiger partial charge in [0, 0.05) is 18.7 Å². The fourth-order valence-corrected chi connectivity index (χ4v) is 1.98. The van der Waals surface area contributed by atoms with Crippen molar-refractivity contribution in [1.82, 2.24) is 5.32 Å². The molecule has 20 heavy (non-hydrogen) atoms. The van der Waals surface area contributed by atoms with Gasteiger partial charge in [0.05, 0.1) is 6.61 Å². The average molecular weight is 275 g/mol. The topological polar surface area (TPSA) is 82.7 Å². The van der Waals surface area contributed by atoms with Gasteiger partial charge in [-0.05, 0) is 24.1 Å². The predicted molar refractivity (Wildman–Crippen MR) is 73.3 cm³/mol. The second kappa shape index (κ2) is 6.36. The van der Waals surface area contributed by atoms with Crippen LogP contribution in [0.25, 0.3) is 0 Å². The Morgan fingerprint density at radius 2 is 2.00 bits per heavy atom. The van der Waals surface area contributed by atoms with E-state index in [9.17, 15) is 4.79 Å². The van der Waals surface area contributed by atoms with E-state index in [0.29, 0.717) is 18.8 Å². The van der Waals surface area contributed by atoms with Crippen molar-refractivity contribution in [3.8, 4) is 0 Å². The van der Waals surface area contributed by atoms with Crippen molar-refractivity contribution in [2.75, 3.05) is 0 Å². The standard InChI is InChI=1S/C15H17NO4/c1-10-13(6-14(20-10)15(18)19)8-16-7-11-3-2-4-12(5-11)9-17/h2-6,16-17H,7-9H2,1H3,(H,18,19). The summed E-state index contributed by atoms with van der Waals surface area (Å²) in [5, 5.41) is 21.1. The monoisotopic (exact) mass is 275 g/mol. The zero-order valence-electron chi connectivity index (χ0n) is 11.2. The molecule has 0 atom stereocenters. The van der Waals surface area contributed by atoms with Crippen LogP contribution in [-0.2, 0) is 19.7 Å². The molecule has 0 aliphatic rings. The maximum atomic E-state index is 10.8. The molecule has 5 nitrogen and oxygen atoms in total. The Balaban J connectivity index is 1.94. The lowest BCUT2D eigenvalue weighted by atomic mass is 10.1. The predicted octanol–water partition coefficient (Wildman–Crippen LogP) is 2.07. The van der Waals surface area contributed by atoms with Gasteiger partial charge in [0.25, 0.3) is 0 Å². The van der Waals surface area contributed by atoms with Crippen LogP contribution >= 0.6 is 0 Å². The SMILES string of the molecule is Cc1oc(C(=O)O)cc1CNCc1cccc(CO)c1. The molecule has 3 N–H and O–H groups in total. The number of aliphatic hydroxyl groups is 1. The van der Waals surface area contributed by atoms with Gasteiger partial charge < -0.3 is 19.9 Å². The number of carboxylic acid groups (broad SMARTS) is 1. The molecule has 0 radical (unpaired) electrons. The van der Waals surface area contributed by atoms with Gasteiger partial charge in [-0.3, -0.25) is 0 Å². The Morgan fingerprint density at radius 3 is 2.65 bits per heavy atom. The number of nitrogens with one attached hydrogen (secondary N) is 1. The average Bonchev–Trinajstić information content (AvgIpc) is 2.81. The minimum atomic E-state index is -1.06. The number of rotatable bonds is 6. The second-order valence-electron chi connectivity index (χ2n) is 4.58. The van der Waals surface area contributed by atoms with Crippen molar-refractivity contribution >= 4 is 5.97 Å². The fourth-order valence-electron chi connectivity index (χ4n) is 1.98. The number of benzene rings is 1. The summed E-state index contributed by atoms with van der Waals surface area (Å²) in [6, 6.07) is 9.20. The normalized spacial score (nSPS) is 10.7. The molecule has 0 amide bonds. The molecule has 1 heterocycles. The third-order valence-electron chi connectivity index (χ3n) is 3.05. The maximum absolute atomic E-state index is 10.8. The Bertz CT molecular complexity index is 604. The molecule has 1 aromatic heterocycles. The molecule has 0 saturated carbocycles. The van der Waals surface area contributed by atoms with Gasteiger partial charge in [-0.25, -0.2) is 4.79 Å². The molecule has 0 unspecified atom stereocenters. The quantitative estimate of drug-likeness (QED) is 0.751. The highest BCUT2D eigenvalue weighted by Gasteiger charge is 2.12. The van der Waals surface area contributed by atoms with Crippen LogP contribution in [0.3, 0.4) is 0 Å². The lowest BCUT2D eigenvalue weighted by molar-refractivity contribution is 0.0661. The Kier molecular flexibility index (Phi) is 4.55. The van der Waals surface area contributed by atoms with Crippen LogP contribution in [0.1, 0.15) is 33.0 Å². The number of hydrogen-bond donors (Lipinski definition) is 3. The molecule has 2 rings (SSSR count). The third kappa shape index (κ3) is 3.46. The fraction of sp³-hybridized carbons (Fsp3) is 0.267. The van der Waals surface area contributed by atoms with E-state index in [1.54, 1.807) is 6.92 Å². The van der Waals surface area contributed by atoms with E-state index in [2.05, 4.69) is 5.32 Å². The minimum absolute atomic E-state index is 0.0245. The van der Waals surface area contributed by atoms with Crippen LogP contribution in [-0.4, -0.2) is 16.2 Å². The summed E-state index contributed by atoms with van der Waals surface area (Å²) in [7, 11) is 0. The number of carbonyl (C=O) groups is 1. The van der Waals surface area contributed by atoms with Crippen molar-refractivity contribution < 1.29 is 19.4 Å². The zero-order valence-corrected chi connectivity index (χ0v) is 11.2. The van der Waals surface area contributed by atoms with Gasteiger partial charge in [0.1, 0.15) is 5.76 Å². The highest BCUT2D eigenvalue weighted by atomic mass is 16.4. The van der Waals surface area contributed by atoms with Crippen molar-refractivity contribution in [3.63, 3.8) is 0 Å². The Hall–Kier alpha value is -2.11. The first-order valence-electron chi connectivity index (χ1n) is 6.32. The zero-order chi connectivity index (χ0) is 14.5. The molecule has 106 valence electrons. The van der Waals surface area contributed by atoms with Gasteiger partial charge in [0.15, 0.2) is 0 Å². The van der Waals surface area contributed by atoms with E-state index >= 15 is 0 Å². The number of hydrogen-bond acceptors (Lipinski definition) is 4. The Labute approximate surface area is 116 Å². The minimum Gasteiger partial charge on any atom is -0.475 e. The molecule has 0 aliphatic carbocycles. The van der Waals surface area contributed by atoms with Gasteiger partial charge >= 0.3 is 5.97 Å². The molecule has 0 bridgehead atoms. The first-order chi connectivity index (χ1) is 9.60. The van der Waals surface area contributed by atoms with Crippen molar-refractivity contribution in [1.29, 1.82) is 0 Å². The smallest absolute Gasteiger partial charge is 0.371 e. The van der Waals surface area contributed by atoms with E-state index in [1.165, 1.54) is 6.07 Å². The van der Waals surface area contributed by atoms with Crippen LogP contribution < -0.4 is 5.32 Å². The van der Waals surface area contributed by atoms with Gasteiger partial charge in [-0.15, -0.1) is 0 Å². The molecule has 0 saturated heterocycles. The van der Waals surface area contributed by atoms with Crippen LogP contribution in [0.4, 0.5) is 0 Å². The lowest BCUT2D eigenvalue weighted by Gasteiger charge is -2.05. The first kappa shape index (κ1) is 14.3. The molecule has 0 aliphatic heterocycles. The van der Waals surface area contributed by atoms with Crippen LogP contribution in [0.2, 0.25) is 0 Å². The van der Waals surface area contributed by atoms with Crippen LogP contribution in [0.15, 0.2) is 34.7 Å².